The molecule has 2 rings (SSSR count). The van der Waals surface area contributed by atoms with E-state index in [0.29, 0.717) is 12.5 Å². The fourth-order valence-corrected chi connectivity index (χ4v) is 2.37. The first kappa shape index (κ1) is 13.4. The second-order valence-electron chi connectivity index (χ2n) is 5.07. The van der Waals surface area contributed by atoms with Gasteiger partial charge in [0.15, 0.2) is 5.82 Å². The number of nitrogens with one attached hydrogen (secondary N) is 1. The number of aromatic nitrogens is 2. The molecule has 0 saturated carbocycles. The van der Waals surface area contributed by atoms with Gasteiger partial charge < -0.3 is 10.1 Å². The second-order valence-corrected chi connectivity index (χ2v) is 5.07. The first-order valence-corrected chi connectivity index (χ1v) is 6.85. The van der Waals surface area contributed by atoms with Crippen molar-refractivity contribution in [1.29, 1.82) is 0 Å². The van der Waals surface area contributed by atoms with E-state index in [1.807, 2.05) is 13.8 Å². The Morgan fingerprint density at radius 2 is 2.06 bits per heavy atom. The van der Waals surface area contributed by atoms with Gasteiger partial charge in [-0.25, -0.2) is 9.97 Å². The van der Waals surface area contributed by atoms with Gasteiger partial charge in [0.2, 0.25) is 0 Å². The minimum atomic E-state index is -0.0207. The van der Waals surface area contributed by atoms with Crippen LogP contribution in [0.3, 0.4) is 0 Å². The van der Waals surface area contributed by atoms with Crippen LogP contribution in [0.25, 0.3) is 0 Å². The summed E-state index contributed by atoms with van der Waals surface area (Å²) < 4.78 is 5.61. The van der Waals surface area contributed by atoms with Crippen LogP contribution in [0, 0.1) is 0 Å². The average Bonchev–Trinajstić information content (AvgIpc) is 2.37. The standard InChI is InChI=1S/C14H23N3O/c1-5-18-10(4)14-16-12-6-7-15-8-11(12)13(17-14)9(2)3/h9-10,15H,5-8H2,1-4H3. The molecule has 1 aliphatic heterocycles. The van der Waals surface area contributed by atoms with Crippen molar-refractivity contribution in [3.63, 3.8) is 0 Å². The topological polar surface area (TPSA) is 47.0 Å². The smallest absolute Gasteiger partial charge is 0.157 e. The van der Waals surface area contributed by atoms with Crippen molar-refractivity contribution < 1.29 is 4.74 Å². The maximum atomic E-state index is 5.61. The third-order valence-corrected chi connectivity index (χ3v) is 3.31. The van der Waals surface area contributed by atoms with E-state index in [-0.39, 0.29) is 6.10 Å². The van der Waals surface area contributed by atoms with E-state index in [1.54, 1.807) is 0 Å². The van der Waals surface area contributed by atoms with E-state index in [4.69, 9.17) is 14.7 Å². The molecule has 0 spiro atoms. The third kappa shape index (κ3) is 2.70. The van der Waals surface area contributed by atoms with Crippen LogP contribution in [-0.4, -0.2) is 23.1 Å². The van der Waals surface area contributed by atoms with Crippen LogP contribution in [-0.2, 0) is 17.7 Å². The lowest BCUT2D eigenvalue weighted by Gasteiger charge is -2.23. The van der Waals surface area contributed by atoms with Gasteiger partial charge in [0.1, 0.15) is 6.10 Å². The lowest BCUT2D eigenvalue weighted by atomic mass is 9.98. The van der Waals surface area contributed by atoms with Crippen LogP contribution in [0.4, 0.5) is 0 Å². The van der Waals surface area contributed by atoms with Crippen LogP contribution in [0.1, 0.15) is 62.5 Å². The van der Waals surface area contributed by atoms with Crippen LogP contribution < -0.4 is 5.32 Å². The summed E-state index contributed by atoms with van der Waals surface area (Å²) in [6.07, 6.45) is 0.969. The molecule has 1 atom stereocenters. The number of hydrogen-bond donors (Lipinski definition) is 1. The van der Waals surface area contributed by atoms with Crippen LogP contribution in [0.15, 0.2) is 0 Å². The van der Waals surface area contributed by atoms with E-state index in [0.717, 1.165) is 25.3 Å². The Morgan fingerprint density at radius 1 is 1.28 bits per heavy atom. The zero-order valence-corrected chi connectivity index (χ0v) is 11.8. The molecule has 1 aromatic rings. The first-order valence-electron chi connectivity index (χ1n) is 6.85. The Bertz CT molecular complexity index is 418. The van der Waals surface area contributed by atoms with Crippen molar-refractivity contribution in [1.82, 2.24) is 15.3 Å². The summed E-state index contributed by atoms with van der Waals surface area (Å²) >= 11 is 0. The number of hydrogen-bond acceptors (Lipinski definition) is 4. The highest BCUT2D eigenvalue weighted by Gasteiger charge is 2.21. The molecule has 18 heavy (non-hydrogen) atoms. The molecular formula is C14H23N3O. The molecule has 1 aromatic heterocycles. The SMILES string of the molecule is CCOC(C)c1nc2c(c(C(C)C)n1)CNCC2. The molecule has 1 N–H and O–H groups in total. The number of nitrogens with zero attached hydrogens (tertiary/aromatic N) is 2. The van der Waals surface area contributed by atoms with Crippen molar-refractivity contribution in [3.8, 4) is 0 Å². The predicted molar refractivity (Wildman–Crippen MR) is 71.6 cm³/mol. The average molecular weight is 249 g/mol. The zero-order valence-electron chi connectivity index (χ0n) is 11.8. The molecule has 0 amide bonds. The molecule has 1 unspecified atom stereocenters. The zero-order chi connectivity index (χ0) is 13.1. The number of fused-ring (bicyclic) bond motifs is 1. The lowest BCUT2D eigenvalue weighted by molar-refractivity contribution is 0.0696. The largest absolute Gasteiger partial charge is 0.371 e. The van der Waals surface area contributed by atoms with Crippen molar-refractivity contribution in [3.05, 3.63) is 22.8 Å². The van der Waals surface area contributed by atoms with E-state index in [1.165, 1.54) is 17.0 Å². The van der Waals surface area contributed by atoms with E-state index in [9.17, 15) is 0 Å². The summed E-state index contributed by atoms with van der Waals surface area (Å²) in [6.45, 7) is 11.0. The molecule has 100 valence electrons. The second kappa shape index (κ2) is 5.76. The molecule has 1 aliphatic rings. The van der Waals surface area contributed by atoms with Crippen LogP contribution >= 0.6 is 0 Å². The van der Waals surface area contributed by atoms with Gasteiger partial charge >= 0.3 is 0 Å². The van der Waals surface area contributed by atoms with Gasteiger partial charge in [-0.1, -0.05) is 13.8 Å². The van der Waals surface area contributed by atoms with Gasteiger partial charge in [-0.2, -0.15) is 0 Å². The first-order chi connectivity index (χ1) is 8.63. The molecule has 0 aromatic carbocycles. The van der Waals surface area contributed by atoms with Gasteiger partial charge in [-0.3, -0.25) is 0 Å². The highest BCUT2D eigenvalue weighted by Crippen LogP contribution is 2.25. The fourth-order valence-electron chi connectivity index (χ4n) is 2.37. The molecule has 0 aliphatic carbocycles. The molecule has 2 heterocycles. The summed E-state index contributed by atoms with van der Waals surface area (Å²) in [5, 5.41) is 3.40. The van der Waals surface area contributed by atoms with Gasteiger partial charge in [0, 0.05) is 31.7 Å². The molecule has 0 bridgehead atoms. The van der Waals surface area contributed by atoms with Gasteiger partial charge in [0.05, 0.1) is 11.4 Å². The summed E-state index contributed by atoms with van der Waals surface area (Å²) in [4.78, 5) is 9.43. The van der Waals surface area contributed by atoms with Crippen molar-refractivity contribution in [2.24, 2.45) is 0 Å². The Morgan fingerprint density at radius 3 is 2.72 bits per heavy atom. The van der Waals surface area contributed by atoms with Gasteiger partial charge in [0.25, 0.3) is 0 Å². The quantitative estimate of drug-likeness (QED) is 0.889. The molecule has 0 radical (unpaired) electrons. The highest BCUT2D eigenvalue weighted by molar-refractivity contribution is 5.30. The lowest BCUT2D eigenvalue weighted by Crippen LogP contribution is -2.28. The minimum Gasteiger partial charge on any atom is -0.371 e. The normalized spacial score (nSPS) is 16.7. The van der Waals surface area contributed by atoms with E-state index >= 15 is 0 Å². The van der Waals surface area contributed by atoms with Gasteiger partial charge in [-0.05, 0) is 19.8 Å². The third-order valence-electron chi connectivity index (χ3n) is 3.31. The predicted octanol–water partition coefficient (Wildman–Crippen LogP) is 2.34. The Hall–Kier alpha value is -1.00. The molecular weight excluding hydrogens is 226 g/mol. The summed E-state index contributed by atoms with van der Waals surface area (Å²) in [6, 6.07) is 0. The fraction of sp³-hybridized carbons (Fsp3) is 0.714. The van der Waals surface area contributed by atoms with Gasteiger partial charge in [-0.15, -0.1) is 0 Å². The Kier molecular flexibility index (Phi) is 4.30. The number of ether oxygens (including phenoxy) is 1. The van der Waals surface area contributed by atoms with Crippen molar-refractivity contribution >= 4 is 0 Å². The van der Waals surface area contributed by atoms with E-state index in [2.05, 4.69) is 19.2 Å². The highest BCUT2D eigenvalue weighted by atomic mass is 16.5. The summed E-state index contributed by atoms with van der Waals surface area (Å²) in [5.74, 6) is 1.26. The van der Waals surface area contributed by atoms with Crippen LogP contribution in [0.5, 0.6) is 0 Å². The number of rotatable bonds is 4. The molecule has 4 nitrogen and oxygen atoms in total. The minimum absolute atomic E-state index is 0.0207. The van der Waals surface area contributed by atoms with Crippen molar-refractivity contribution in [2.75, 3.05) is 13.2 Å². The Balaban J connectivity index is 2.41. The molecule has 0 saturated heterocycles. The van der Waals surface area contributed by atoms with E-state index < -0.39 is 0 Å². The monoisotopic (exact) mass is 249 g/mol. The molecule has 0 fully saturated rings. The summed E-state index contributed by atoms with van der Waals surface area (Å²) in [5.41, 5.74) is 3.67. The van der Waals surface area contributed by atoms with Crippen LogP contribution in [0.2, 0.25) is 0 Å². The van der Waals surface area contributed by atoms with Crippen molar-refractivity contribution in [2.45, 2.75) is 52.7 Å². The summed E-state index contributed by atoms with van der Waals surface area (Å²) in [7, 11) is 0. The molecule has 4 heteroatoms. The maximum Gasteiger partial charge on any atom is 0.157 e. The Labute approximate surface area is 109 Å². The maximum absolute atomic E-state index is 5.61.